The largest absolute Gasteiger partial charge is 0.497 e. The number of hydrogen-bond acceptors (Lipinski definition) is 12. The lowest BCUT2D eigenvalue weighted by molar-refractivity contribution is -0.244. The Hall–Kier alpha value is -4.46. The molecule has 7 atom stereocenters. The molecule has 2 saturated carbocycles. The van der Waals surface area contributed by atoms with Gasteiger partial charge in [-0.25, -0.2) is 23.2 Å². The first-order chi connectivity index (χ1) is 28.9. The summed E-state index contributed by atoms with van der Waals surface area (Å²) in [6.45, 7) is 8.33. The third kappa shape index (κ3) is 9.85. The van der Waals surface area contributed by atoms with Gasteiger partial charge in [0.1, 0.15) is 35.2 Å². The second-order valence-corrected chi connectivity index (χ2v) is 20.7. The summed E-state index contributed by atoms with van der Waals surface area (Å²) in [5.74, 6) is -3.23. The number of rotatable bonds is 11. The number of ether oxygens (including phenoxy) is 4. The Kier molecular flexibility index (Phi) is 13.4. The van der Waals surface area contributed by atoms with Gasteiger partial charge in [-0.05, 0) is 76.8 Å². The molecule has 2 saturated heterocycles. The SMILES string of the molecule is COC[C@@H]1C[C@H](C)CCCC[C@H]2C[C@@]2(C(=O)NS(=O)(=O)C2(C)CC2)NC(=O)[C@@H]2C[C@@H](Oc3nc4cc(OC)ccc4nc3C(C)C)CN2C(=O)[C@H]1NC(=O)OC(C)(C)C(F)(F)F. The van der Waals surface area contributed by atoms with Gasteiger partial charge in [-0.15, -0.1) is 0 Å². The molecular formula is C42H59F3N6O10S. The standard InChI is InChI=1S/C42H59F3N6O10S/c1-23(2)32-35(47-30-18-27(59-8)13-14-29(30)46-32)60-28-19-31-34(52)49-41(37(54)50-62(56,57)40(6)15-16-40)20-26(41)12-10-9-11-24(3)17-25(22-58-7)33(36(53)51(31)21-28)48-38(55)61-39(4,5)42(43,44)45/h13-14,18,23-26,28,31,33H,9-12,15-17,19-22H2,1-8H3,(H,48,55)(H,49,52)(H,50,54)/t24-,25+,26+,28-,31+,33+,41-/m1/s1. The summed E-state index contributed by atoms with van der Waals surface area (Å²) < 4.78 is 91.6. The van der Waals surface area contributed by atoms with Gasteiger partial charge >= 0.3 is 12.3 Å². The summed E-state index contributed by atoms with van der Waals surface area (Å²) in [6.07, 6.45) is -3.80. The highest BCUT2D eigenvalue weighted by atomic mass is 32.2. The van der Waals surface area contributed by atoms with Crippen LogP contribution in [0, 0.1) is 17.8 Å². The zero-order chi connectivity index (χ0) is 45.6. The van der Waals surface area contributed by atoms with Gasteiger partial charge in [0.15, 0.2) is 0 Å². The van der Waals surface area contributed by atoms with E-state index < -0.39 is 85.9 Å². The Morgan fingerprint density at radius 2 is 1.74 bits per heavy atom. The molecular weight excluding hydrogens is 838 g/mol. The third-order valence-electron chi connectivity index (χ3n) is 12.9. The highest BCUT2D eigenvalue weighted by Gasteiger charge is 2.63. The highest BCUT2D eigenvalue weighted by Crippen LogP contribution is 2.49. The van der Waals surface area contributed by atoms with Crippen LogP contribution in [0.3, 0.4) is 0 Å². The maximum Gasteiger partial charge on any atom is 0.427 e. The zero-order valence-corrected chi connectivity index (χ0v) is 37.3. The lowest BCUT2D eigenvalue weighted by atomic mass is 9.86. The van der Waals surface area contributed by atoms with E-state index in [1.165, 1.54) is 19.1 Å². The monoisotopic (exact) mass is 896 g/mol. The second kappa shape index (κ2) is 17.6. The molecule has 16 nitrogen and oxygen atoms in total. The number of nitrogens with one attached hydrogen (secondary N) is 3. The molecule has 0 unspecified atom stereocenters. The van der Waals surface area contributed by atoms with Crippen molar-refractivity contribution in [2.75, 3.05) is 27.4 Å². The van der Waals surface area contributed by atoms with Crippen LogP contribution in [0.4, 0.5) is 18.0 Å². The van der Waals surface area contributed by atoms with E-state index in [-0.39, 0.29) is 43.7 Å². The minimum atomic E-state index is -4.94. The summed E-state index contributed by atoms with van der Waals surface area (Å²) in [5.41, 5.74) is -2.99. The number of alkyl halides is 3. The van der Waals surface area contributed by atoms with Crippen molar-refractivity contribution >= 4 is 44.9 Å². The lowest BCUT2D eigenvalue weighted by Gasteiger charge is -2.35. The van der Waals surface area contributed by atoms with Gasteiger partial charge in [0.2, 0.25) is 33.3 Å². The molecule has 2 aromatic rings. The van der Waals surface area contributed by atoms with Crippen LogP contribution >= 0.6 is 0 Å². The average molecular weight is 897 g/mol. The van der Waals surface area contributed by atoms with Gasteiger partial charge < -0.3 is 34.5 Å². The Morgan fingerprint density at radius 3 is 2.37 bits per heavy atom. The summed E-state index contributed by atoms with van der Waals surface area (Å²) in [6, 6.07) is 2.29. The van der Waals surface area contributed by atoms with Crippen molar-refractivity contribution in [3.8, 4) is 11.6 Å². The molecule has 2 aliphatic carbocycles. The Labute approximate surface area is 360 Å². The lowest BCUT2D eigenvalue weighted by Crippen LogP contribution is -2.60. The number of benzene rings is 1. The average Bonchev–Trinajstić information content (AvgIpc) is 4.07. The number of methoxy groups -OCH3 is 2. The van der Waals surface area contributed by atoms with E-state index in [0.717, 1.165) is 0 Å². The second-order valence-electron chi connectivity index (χ2n) is 18.5. The van der Waals surface area contributed by atoms with Crippen molar-refractivity contribution in [3.05, 3.63) is 23.9 Å². The van der Waals surface area contributed by atoms with Crippen LogP contribution in [-0.4, -0.2) is 115 Å². The predicted molar refractivity (Wildman–Crippen MR) is 220 cm³/mol. The van der Waals surface area contributed by atoms with E-state index in [2.05, 4.69) is 15.4 Å². The van der Waals surface area contributed by atoms with Crippen LogP contribution in [0.5, 0.6) is 11.6 Å². The van der Waals surface area contributed by atoms with Crippen molar-refractivity contribution in [1.29, 1.82) is 0 Å². The van der Waals surface area contributed by atoms with Crippen LogP contribution in [-0.2, 0) is 33.9 Å². The molecule has 20 heteroatoms. The molecule has 0 spiro atoms. The Balaban J connectivity index is 1.39. The molecule has 4 fully saturated rings. The fourth-order valence-electron chi connectivity index (χ4n) is 8.44. The molecule has 1 aromatic carbocycles. The van der Waals surface area contributed by atoms with Crippen LogP contribution in [0.15, 0.2) is 18.2 Å². The topological polar surface area (TPSA) is 204 Å². The fourth-order valence-corrected chi connectivity index (χ4v) is 9.76. The molecule has 0 radical (unpaired) electrons. The number of nitrogens with zero attached hydrogens (tertiary/aromatic N) is 3. The summed E-state index contributed by atoms with van der Waals surface area (Å²) >= 11 is 0. The van der Waals surface area contributed by atoms with Gasteiger partial charge in [0, 0.05) is 31.4 Å². The molecule has 2 aliphatic heterocycles. The molecule has 1 aromatic heterocycles. The molecule has 3 N–H and O–H groups in total. The number of halogens is 3. The minimum Gasteiger partial charge on any atom is -0.497 e. The van der Waals surface area contributed by atoms with E-state index in [9.17, 15) is 36.0 Å². The summed E-state index contributed by atoms with van der Waals surface area (Å²) in [4.78, 5) is 67.9. The van der Waals surface area contributed by atoms with Crippen molar-refractivity contribution in [2.45, 2.75) is 145 Å². The molecule has 0 bridgehead atoms. The number of amides is 4. The van der Waals surface area contributed by atoms with E-state index in [1.807, 2.05) is 20.8 Å². The number of carbonyl (C=O) groups excluding carboxylic acids is 4. The van der Waals surface area contributed by atoms with Crippen LogP contribution in [0.1, 0.15) is 111 Å². The van der Waals surface area contributed by atoms with Gasteiger partial charge in [-0.1, -0.05) is 40.0 Å². The molecule has 344 valence electrons. The first kappa shape index (κ1) is 47.0. The van der Waals surface area contributed by atoms with Gasteiger partial charge in [-0.3, -0.25) is 19.1 Å². The Morgan fingerprint density at radius 1 is 1.05 bits per heavy atom. The molecule has 62 heavy (non-hydrogen) atoms. The summed E-state index contributed by atoms with van der Waals surface area (Å²) in [5, 5.41) is 5.26. The van der Waals surface area contributed by atoms with Gasteiger partial charge in [0.25, 0.3) is 5.91 Å². The number of hydrogen-bond donors (Lipinski definition) is 3. The molecule has 6 rings (SSSR count). The number of carbonyl (C=O) groups is 4. The van der Waals surface area contributed by atoms with E-state index >= 15 is 4.79 Å². The normalized spacial score (nSPS) is 28.2. The summed E-state index contributed by atoms with van der Waals surface area (Å²) in [7, 11) is -1.17. The third-order valence-corrected chi connectivity index (χ3v) is 15.0. The first-order valence-electron chi connectivity index (χ1n) is 21.2. The molecule has 4 aliphatic rings. The van der Waals surface area contributed by atoms with Gasteiger partial charge in [-0.2, -0.15) is 13.2 Å². The number of fused-ring (bicyclic) bond motifs is 3. The Bertz CT molecular complexity index is 2150. The van der Waals surface area contributed by atoms with E-state index in [1.54, 1.807) is 25.1 Å². The van der Waals surface area contributed by atoms with Crippen LogP contribution in [0.2, 0.25) is 0 Å². The fraction of sp³-hybridized carbons (Fsp3) is 0.714. The number of alkyl carbamates (subject to hydrolysis) is 1. The van der Waals surface area contributed by atoms with Crippen LogP contribution in [0.25, 0.3) is 11.0 Å². The van der Waals surface area contributed by atoms with Crippen molar-refractivity contribution in [3.63, 3.8) is 0 Å². The van der Waals surface area contributed by atoms with E-state index in [4.69, 9.17) is 28.9 Å². The molecule has 4 amide bonds. The highest BCUT2D eigenvalue weighted by molar-refractivity contribution is 7.91. The predicted octanol–water partition coefficient (Wildman–Crippen LogP) is 5.28. The van der Waals surface area contributed by atoms with Crippen LogP contribution < -0.4 is 24.8 Å². The first-order valence-corrected chi connectivity index (χ1v) is 22.7. The quantitative estimate of drug-likeness (QED) is 0.264. The maximum absolute atomic E-state index is 15.1. The maximum atomic E-state index is 15.1. The molecule has 3 heterocycles. The van der Waals surface area contributed by atoms with Crippen molar-refractivity contribution < 1.29 is 59.7 Å². The van der Waals surface area contributed by atoms with Crippen molar-refractivity contribution in [2.24, 2.45) is 17.8 Å². The van der Waals surface area contributed by atoms with Crippen molar-refractivity contribution in [1.82, 2.24) is 30.2 Å². The smallest absolute Gasteiger partial charge is 0.427 e. The minimum absolute atomic E-state index is 0.0681. The zero-order valence-electron chi connectivity index (χ0n) is 36.5. The number of aromatic nitrogens is 2. The van der Waals surface area contributed by atoms with E-state index in [0.29, 0.717) is 81.3 Å². The number of sulfonamides is 1. The van der Waals surface area contributed by atoms with Gasteiger partial charge in [0.05, 0.1) is 36.0 Å².